The molecule has 2 aromatic rings. The fourth-order valence-electron chi connectivity index (χ4n) is 3.69. The monoisotopic (exact) mass is 358 g/mol. The second-order valence-electron chi connectivity index (χ2n) is 7.36. The van der Waals surface area contributed by atoms with Crippen molar-refractivity contribution in [2.45, 2.75) is 77.9 Å². The summed E-state index contributed by atoms with van der Waals surface area (Å²) in [7, 11) is 0. The normalized spacial score (nSPS) is 20.0. The molecule has 26 heavy (non-hydrogen) atoms. The molecule has 0 radical (unpaired) electrons. The quantitative estimate of drug-likeness (QED) is 0.732. The molecule has 0 aliphatic heterocycles. The Morgan fingerprint density at radius 1 is 1.31 bits per heavy atom. The summed E-state index contributed by atoms with van der Waals surface area (Å²) in [5.74, 6) is -0.140. The Hall–Kier alpha value is -1.95. The molecule has 2 atom stereocenters. The van der Waals surface area contributed by atoms with Crippen LogP contribution < -0.4 is 5.32 Å². The Bertz CT molecular complexity index is 756. The number of rotatable bonds is 8. The van der Waals surface area contributed by atoms with E-state index in [1.807, 2.05) is 24.3 Å². The van der Waals surface area contributed by atoms with Crippen LogP contribution in [0.15, 0.2) is 12.4 Å². The third-order valence-electron chi connectivity index (χ3n) is 5.11. The summed E-state index contributed by atoms with van der Waals surface area (Å²) in [6.45, 7) is 6.97. The van der Waals surface area contributed by atoms with Gasteiger partial charge in [0.05, 0.1) is 6.10 Å². The molecule has 1 fully saturated rings. The SMILES string of the molecule is CCCCCCO[C@H]1CC[C@H](NC(=O)c2ncn3c(C)cc(C)nc23)C1. The molecule has 1 N–H and O–H groups in total. The van der Waals surface area contributed by atoms with E-state index in [0.29, 0.717) is 11.3 Å². The van der Waals surface area contributed by atoms with Gasteiger partial charge in [-0.1, -0.05) is 26.2 Å². The molecule has 1 amide bonds. The van der Waals surface area contributed by atoms with E-state index in [1.54, 1.807) is 6.33 Å². The highest BCUT2D eigenvalue weighted by atomic mass is 16.5. The van der Waals surface area contributed by atoms with Crippen LogP contribution in [0, 0.1) is 13.8 Å². The minimum Gasteiger partial charge on any atom is -0.378 e. The predicted molar refractivity (Wildman–Crippen MR) is 101 cm³/mol. The van der Waals surface area contributed by atoms with Crippen LogP contribution in [0.1, 0.15) is 73.7 Å². The number of aryl methyl sites for hydroxylation is 2. The molecule has 1 aliphatic rings. The zero-order chi connectivity index (χ0) is 18.5. The van der Waals surface area contributed by atoms with E-state index < -0.39 is 0 Å². The lowest BCUT2D eigenvalue weighted by molar-refractivity contribution is 0.0538. The van der Waals surface area contributed by atoms with Crippen molar-refractivity contribution < 1.29 is 9.53 Å². The van der Waals surface area contributed by atoms with Gasteiger partial charge in [-0.05, 0) is 45.6 Å². The first-order valence-corrected chi connectivity index (χ1v) is 9.82. The van der Waals surface area contributed by atoms with Gasteiger partial charge < -0.3 is 10.1 Å². The Morgan fingerprint density at radius 2 is 2.15 bits per heavy atom. The van der Waals surface area contributed by atoms with E-state index in [-0.39, 0.29) is 18.1 Å². The first kappa shape index (κ1) is 18.8. The molecule has 0 bridgehead atoms. The van der Waals surface area contributed by atoms with Gasteiger partial charge in [-0.25, -0.2) is 9.97 Å². The van der Waals surface area contributed by atoms with Crippen molar-refractivity contribution in [2.24, 2.45) is 0 Å². The third kappa shape index (κ3) is 4.41. The van der Waals surface area contributed by atoms with Crippen LogP contribution in [0.4, 0.5) is 0 Å². The number of ether oxygens (including phenoxy) is 1. The Balaban J connectivity index is 1.53. The van der Waals surface area contributed by atoms with Crippen molar-refractivity contribution in [1.29, 1.82) is 0 Å². The van der Waals surface area contributed by atoms with Gasteiger partial charge in [0.25, 0.3) is 5.91 Å². The second-order valence-corrected chi connectivity index (χ2v) is 7.36. The first-order valence-electron chi connectivity index (χ1n) is 9.82. The molecule has 6 nitrogen and oxygen atoms in total. The van der Waals surface area contributed by atoms with Crippen LogP contribution in [-0.4, -0.2) is 39.0 Å². The summed E-state index contributed by atoms with van der Waals surface area (Å²) in [5, 5.41) is 3.12. The predicted octanol–water partition coefficient (Wildman–Crippen LogP) is 3.59. The molecule has 142 valence electrons. The number of fused-ring (bicyclic) bond motifs is 1. The highest BCUT2D eigenvalue weighted by Gasteiger charge is 2.28. The second kappa shape index (κ2) is 8.62. The maximum atomic E-state index is 12.7. The van der Waals surface area contributed by atoms with Crippen LogP contribution in [0.2, 0.25) is 0 Å². The number of aromatic nitrogens is 3. The lowest BCUT2D eigenvalue weighted by Crippen LogP contribution is -2.34. The van der Waals surface area contributed by atoms with Crippen LogP contribution in [-0.2, 0) is 4.74 Å². The lowest BCUT2D eigenvalue weighted by atomic mass is 10.2. The number of hydrogen-bond acceptors (Lipinski definition) is 4. The summed E-state index contributed by atoms with van der Waals surface area (Å²) >= 11 is 0. The summed E-state index contributed by atoms with van der Waals surface area (Å²) in [4.78, 5) is 21.5. The van der Waals surface area contributed by atoms with Gasteiger partial charge in [-0.3, -0.25) is 9.20 Å². The van der Waals surface area contributed by atoms with E-state index in [1.165, 1.54) is 19.3 Å². The van der Waals surface area contributed by atoms with Gasteiger partial charge in [0.2, 0.25) is 0 Å². The van der Waals surface area contributed by atoms with Gasteiger partial charge in [-0.15, -0.1) is 0 Å². The van der Waals surface area contributed by atoms with Crippen LogP contribution in [0.3, 0.4) is 0 Å². The molecule has 0 saturated heterocycles. The van der Waals surface area contributed by atoms with Crippen molar-refractivity contribution in [3.63, 3.8) is 0 Å². The zero-order valence-electron chi connectivity index (χ0n) is 16.1. The molecule has 2 heterocycles. The van der Waals surface area contributed by atoms with E-state index in [2.05, 4.69) is 22.2 Å². The number of imidazole rings is 1. The average molecular weight is 358 g/mol. The Kier molecular flexibility index (Phi) is 6.25. The largest absolute Gasteiger partial charge is 0.378 e. The number of hydrogen-bond donors (Lipinski definition) is 1. The molecule has 3 rings (SSSR count). The maximum Gasteiger partial charge on any atom is 0.274 e. The zero-order valence-corrected chi connectivity index (χ0v) is 16.1. The number of nitrogens with one attached hydrogen (secondary N) is 1. The molecule has 2 aromatic heterocycles. The van der Waals surface area contributed by atoms with E-state index in [4.69, 9.17) is 4.74 Å². The van der Waals surface area contributed by atoms with E-state index in [9.17, 15) is 4.79 Å². The lowest BCUT2D eigenvalue weighted by Gasteiger charge is -2.14. The molecule has 0 spiro atoms. The summed E-state index contributed by atoms with van der Waals surface area (Å²) in [6, 6.07) is 2.14. The number of carbonyl (C=O) groups is 1. The van der Waals surface area contributed by atoms with Gasteiger partial charge in [0, 0.05) is 24.0 Å². The highest BCUT2D eigenvalue weighted by Crippen LogP contribution is 2.23. The number of nitrogens with zero attached hydrogens (tertiary/aromatic N) is 3. The minimum atomic E-state index is -0.140. The Labute approximate surface area is 155 Å². The van der Waals surface area contributed by atoms with E-state index in [0.717, 1.165) is 43.7 Å². The van der Waals surface area contributed by atoms with Gasteiger partial charge >= 0.3 is 0 Å². The van der Waals surface area contributed by atoms with E-state index >= 15 is 0 Å². The number of unbranched alkanes of at least 4 members (excludes halogenated alkanes) is 3. The Morgan fingerprint density at radius 3 is 2.96 bits per heavy atom. The molecule has 6 heteroatoms. The number of amides is 1. The van der Waals surface area contributed by atoms with Gasteiger partial charge in [0.15, 0.2) is 11.3 Å². The highest BCUT2D eigenvalue weighted by molar-refractivity contribution is 5.98. The van der Waals surface area contributed by atoms with Crippen LogP contribution >= 0.6 is 0 Å². The van der Waals surface area contributed by atoms with Crippen molar-refractivity contribution in [2.75, 3.05) is 6.61 Å². The van der Waals surface area contributed by atoms with Crippen LogP contribution in [0.25, 0.3) is 5.65 Å². The first-order chi connectivity index (χ1) is 12.6. The summed E-state index contributed by atoms with van der Waals surface area (Å²) in [5.41, 5.74) is 2.95. The third-order valence-corrected chi connectivity index (χ3v) is 5.11. The summed E-state index contributed by atoms with van der Waals surface area (Å²) < 4.78 is 7.83. The van der Waals surface area contributed by atoms with Crippen molar-refractivity contribution in [3.05, 3.63) is 29.5 Å². The van der Waals surface area contributed by atoms with Crippen molar-refractivity contribution in [3.8, 4) is 0 Å². The van der Waals surface area contributed by atoms with Crippen molar-refractivity contribution in [1.82, 2.24) is 19.7 Å². The standard InChI is InChI=1S/C20H30N4O2/c1-4-5-6-7-10-26-17-9-8-16(12-17)23-20(25)18-19-22-14(2)11-15(3)24(19)13-21-18/h11,13,16-17H,4-10,12H2,1-3H3,(H,23,25)/t16-,17-/m0/s1. The molecule has 1 aliphatic carbocycles. The molecule has 0 aromatic carbocycles. The fourth-order valence-corrected chi connectivity index (χ4v) is 3.69. The average Bonchev–Trinajstić information content (AvgIpc) is 3.21. The maximum absolute atomic E-state index is 12.7. The number of carbonyl (C=O) groups excluding carboxylic acids is 1. The summed E-state index contributed by atoms with van der Waals surface area (Å²) in [6.07, 6.45) is 9.69. The molecular weight excluding hydrogens is 328 g/mol. The molecule has 0 unspecified atom stereocenters. The minimum absolute atomic E-state index is 0.140. The smallest absolute Gasteiger partial charge is 0.274 e. The fraction of sp³-hybridized carbons (Fsp3) is 0.650. The van der Waals surface area contributed by atoms with Crippen LogP contribution in [0.5, 0.6) is 0 Å². The topological polar surface area (TPSA) is 68.5 Å². The molecular formula is C20H30N4O2. The molecule has 1 saturated carbocycles. The van der Waals surface area contributed by atoms with Gasteiger partial charge in [0.1, 0.15) is 6.33 Å². The van der Waals surface area contributed by atoms with Gasteiger partial charge in [-0.2, -0.15) is 0 Å². The van der Waals surface area contributed by atoms with Crippen molar-refractivity contribution >= 4 is 11.6 Å².